The number of imidazole rings is 1. The molecule has 8 rings (SSSR count). The zero-order chi connectivity index (χ0) is 33.9. The number of aromatic nitrogens is 4. The van der Waals surface area contributed by atoms with Crippen LogP contribution in [0.3, 0.4) is 0 Å². The largest absolute Gasteiger partial charge is 0.458 e. The summed E-state index contributed by atoms with van der Waals surface area (Å²) in [4.78, 5) is 4.84. The van der Waals surface area contributed by atoms with E-state index in [-0.39, 0.29) is 31.9 Å². The zero-order valence-electron chi connectivity index (χ0n) is 29.2. The predicted molar refractivity (Wildman–Crippen MR) is 200 cm³/mol. The van der Waals surface area contributed by atoms with Gasteiger partial charge in [-0.2, -0.15) is 0 Å². The Labute approximate surface area is 308 Å². The summed E-state index contributed by atoms with van der Waals surface area (Å²) in [5.41, 5.74) is 8.92. The average Bonchev–Trinajstić information content (AvgIpc) is 3.64. The molecule has 0 aliphatic heterocycles. The fourth-order valence-electron chi connectivity index (χ4n) is 6.82. The first-order chi connectivity index (χ1) is 23.6. The van der Waals surface area contributed by atoms with Crippen molar-refractivity contribution in [2.75, 3.05) is 0 Å². The van der Waals surface area contributed by atoms with E-state index in [1.807, 2.05) is 18.3 Å². The average molecular weight is 836 g/mol. The third-order valence-corrected chi connectivity index (χ3v) is 9.31. The van der Waals surface area contributed by atoms with Crippen molar-refractivity contribution in [3.8, 4) is 28.7 Å². The van der Waals surface area contributed by atoms with Crippen molar-refractivity contribution in [2.45, 2.75) is 52.4 Å². The Morgan fingerprint density at radius 3 is 2.12 bits per heavy atom. The maximum Gasteiger partial charge on any atom is 0.269 e. The molecule has 3 heterocycles. The molecule has 5 aromatic carbocycles. The van der Waals surface area contributed by atoms with Crippen LogP contribution in [0.4, 0.5) is 0 Å². The SMILES string of the molecule is CC(C)(C)c1ccnc(-n2c3ccccc3c3ccc(Oc4cccc(-n5[c-][n+](-c6ccccc6C(C)(C)C)c6ccccc65)c4)cc32)c1.[Pt]. The quantitative estimate of drug-likeness (QED) is 0.128. The molecule has 0 radical (unpaired) electrons. The first-order valence-corrected chi connectivity index (χ1v) is 16.9. The first kappa shape index (κ1) is 33.5. The maximum absolute atomic E-state index is 6.61. The van der Waals surface area contributed by atoms with E-state index in [9.17, 15) is 0 Å². The van der Waals surface area contributed by atoms with Crippen LogP contribution in [0.5, 0.6) is 11.5 Å². The number of ether oxygens (including phenoxy) is 1. The molecule has 252 valence electrons. The summed E-state index contributed by atoms with van der Waals surface area (Å²) in [5.74, 6) is 2.41. The van der Waals surface area contributed by atoms with Gasteiger partial charge in [-0.05, 0) is 76.6 Å². The van der Waals surface area contributed by atoms with Crippen molar-refractivity contribution in [3.63, 3.8) is 0 Å². The van der Waals surface area contributed by atoms with Crippen molar-refractivity contribution < 1.29 is 30.4 Å². The van der Waals surface area contributed by atoms with E-state index in [1.54, 1.807) is 0 Å². The number of hydrogen-bond acceptors (Lipinski definition) is 2. The van der Waals surface area contributed by atoms with Gasteiger partial charge in [0.25, 0.3) is 6.33 Å². The molecule has 0 spiro atoms. The van der Waals surface area contributed by atoms with Gasteiger partial charge in [0.2, 0.25) is 0 Å². The third-order valence-electron chi connectivity index (χ3n) is 9.31. The topological polar surface area (TPSA) is 35.9 Å². The summed E-state index contributed by atoms with van der Waals surface area (Å²) in [6.07, 6.45) is 5.59. The van der Waals surface area contributed by atoms with Gasteiger partial charge in [0.15, 0.2) is 0 Å². The molecule has 3 aromatic heterocycles. The van der Waals surface area contributed by atoms with Crippen LogP contribution in [-0.2, 0) is 31.9 Å². The molecule has 8 aromatic rings. The van der Waals surface area contributed by atoms with Gasteiger partial charge in [-0.15, -0.1) is 0 Å². The molecule has 0 aliphatic rings. The molecule has 0 amide bonds. The van der Waals surface area contributed by atoms with Crippen LogP contribution < -0.4 is 9.30 Å². The molecule has 6 heteroatoms. The van der Waals surface area contributed by atoms with Crippen LogP contribution >= 0.6 is 0 Å². The van der Waals surface area contributed by atoms with Crippen molar-refractivity contribution in [1.82, 2.24) is 14.1 Å². The third kappa shape index (κ3) is 5.94. The number of rotatable bonds is 5. The van der Waals surface area contributed by atoms with E-state index < -0.39 is 0 Å². The Kier molecular flexibility index (Phi) is 8.52. The van der Waals surface area contributed by atoms with Gasteiger partial charge >= 0.3 is 0 Å². The van der Waals surface area contributed by atoms with Crippen molar-refractivity contribution >= 4 is 32.8 Å². The van der Waals surface area contributed by atoms with E-state index >= 15 is 0 Å². The summed E-state index contributed by atoms with van der Waals surface area (Å²) in [6, 6.07) is 44.4. The smallest absolute Gasteiger partial charge is 0.269 e. The van der Waals surface area contributed by atoms with Crippen molar-refractivity contribution in [1.29, 1.82) is 0 Å². The summed E-state index contributed by atoms with van der Waals surface area (Å²) in [6.45, 7) is 13.5. The molecule has 0 saturated carbocycles. The van der Waals surface area contributed by atoms with E-state index in [4.69, 9.17) is 9.72 Å². The van der Waals surface area contributed by atoms with Gasteiger partial charge in [0, 0.05) is 44.1 Å². The molecular formula is C44H40N4OPt. The van der Waals surface area contributed by atoms with Gasteiger partial charge in [-0.1, -0.05) is 108 Å². The molecule has 0 fully saturated rings. The van der Waals surface area contributed by atoms with Crippen molar-refractivity contribution in [2.24, 2.45) is 0 Å². The number of benzene rings is 5. The monoisotopic (exact) mass is 835 g/mol. The Hall–Kier alpha value is -4.99. The van der Waals surface area contributed by atoms with Crippen molar-refractivity contribution in [3.05, 3.63) is 151 Å². The van der Waals surface area contributed by atoms with Gasteiger partial charge in [-0.3, -0.25) is 13.7 Å². The van der Waals surface area contributed by atoms with E-state index in [1.165, 1.54) is 16.5 Å². The molecule has 5 nitrogen and oxygen atoms in total. The Balaban J connectivity index is 0.00000392. The molecular weight excluding hydrogens is 796 g/mol. The normalized spacial score (nSPS) is 12.0. The number of pyridine rings is 1. The first-order valence-electron chi connectivity index (χ1n) is 16.9. The van der Waals surface area contributed by atoms with E-state index in [2.05, 4.69) is 177 Å². The van der Waals surface area contributed by atoms with Crippen LogP contribution in [0.1, 0.15) is 52.7 Å². The molecule has 0 saturated heterocycles. The van der Waals surface area contributed by atoms with Crippen LogP contribution in [-0.4, -0.2) is 14.1 Å². The second kappa shape index (κ2) is 12.7. The van der Waals surface area contributed by atoms with Gasteiger partial charge in [0.05, 0.1) is 33.4 Å². The summed E-state index contributed by atoms with van der Waals surface area (Å²) in [7, 11) is 0. The van der Waals surface area contributed by atoms with Crippen LogP contribution in [0.25, 0.3) is 50.0 Å². The summed E-state index contributed by atoms with van der Waals surface area (Å²) < 4.78 is 13.2. The van der Waals surface area contributed by atoms with E-state index in [0.29, 0.717) is 0 Å². The van der Waals surface area contributed by atoms with Crippen LogP contribution in [0.15, 0.2) is 134 Å². The molecule has 0 unspecified atom stereocenters. The Morgan fingerprint density at radius 1 is 0.620 bits per heavy atom. The van der Waals surface area contributed by atoms with Gasteiger partial charge < -0.3 is 4.74 Å². The molecule has 0 N–H and O–H groups in total. The standard InChI is InChI=1S/C44H40N4O.Pt/c1-43(2,3)30-24-25-45-42(26-30)48-37-18-9-7-16-34(37)35-23-22-33(28-41(35)48)49-32-15-13-14-31(27-32)46-29-47(40-21-12-11-20-39(40)46)38-19-10-8-17-36(38)44(4,5)6;/h7-28H,1-6H3;. The zero-order valence-corrected chi connectivity index (χ0v) is 31.5. The number of fused-ring (bicyclic) bond motifs is 4. The minimum Gasteiger partial charge on any atom is -0.458 e. The van der Waals surface area contributed by atoms with Gasteiger partial charge in [0.1, 0.15) is 17.3 Å². The summed E-state index contributed by atoms with van der Waals surface area (Å²) >= 11 is 0. The Morgan fingerprint density at radius 2 is 1.32 bits per heavy atom. The van der Waals surface area contributed by atoms with Crippen LogP contribution in [0.2, 0.25) is 0 Å². The number of para-hydroxylation sites is 4. The summed E-state index contributed by atoms with van der Waals surface area (Å²) in [5, 5.41) is 2.35. The van der Waals surface area contributed by atoms with Crippen LogP contribution in [0, 0.1) is 6.33 Å². The molecule has 50 heavy (non-hydrogen) atoms. The van der Waals surface area contributed by atoms with Gasteiger partial charge in [-0.25, -0.2) is 4.98 Å². The minimum absolute atomic E-state index is 0. The molecule has 0 aliphatic carbocycles. The Bertz CT molecular complexity index is 2510. The number of nitrogens with zero attached hydrogens (tertiary/aromatic N) is 4. The van der Waals surface area contributed by atoms with E-state index in [0.717, 1.165) is 56.1 Å². The minimum atomic E-state index is -0.0212. The molecule has 0 bridgehead atoms. The number of hydrogen-bond donors (Lipinski definition) is 0. The predicted octanol–water partition coefficient (Wildman–Crippen LogP) is 10.6. The maximum atomic E-state index is 6.61. The second-order valence-electron chi connectivity index (χ2n) is 14.8. The fourth-order valence-corrected chi connectivity index (χ4v) is 6.82. The second-order valence-corrected chi connectivity index (χ2v) is 14.8. The molecule has 0 atom stereocenters. The fraction of sp³-hybridized carbons (Fsp3) is 0.182.